The average Bonchev–Trinajstić information content (AvgIpc) is 2.30. The molecule has 0 fully saturated rings. The van der Waals surface area contributed by atoms with Gasteiger partial charge in [0, 0.05) is 12.2 Å². The van der Waals surface area contributed by atoms with Crippen molar-refractivity contribution in [1.29, 1.82) is 0 Å². The molecule has 0 aliphatic heterocycles. The molecule has 0 heterocycles. The second kappa shape index (κ2) is 7.65. The molecule has 0 saturated heterocycles. The van der Waals surface area contributed by atoms with Gasteiger partial charge in [0.2, 0.25) is 0 Å². The zero-order valence-electron chi connectivity index (χ0n) is 9.16. The molecule has 0 saturated carbocycles. The lowest BCUT2D eigenvalue weighted by molar-refractivity contribution is 0.251. The Bertz CT molecular complexity index is 315. The molecule has 1 aromatic carbocycles. The fourth-order valence-corrected chi connectivity index (χ4v) is 1.93. The van der Waals surface area contributed by atoms with Crippen molar-refractivity contribution in [3.63, 3.8) is 0 Å². The van der Waals surface area contributed by atoms with Crippen molar-refractivity contribution >= 4 is 15.9 Å². The molecule has 0 aliphatic carbocycles. The summed E-state index contributed by atoms with van der Waals surface area (Å²) in [6.07, 6.45) is 2.67. The molecule has 0 radical (unpaired) electrons. The number of hydrogen-bond donors (Lipinski definition) is 2. The lowest BCUT2D eigenvalue weighted by Gasteiger charge is -2.11. The number of halogens is 1. The lowest BCUT2D eigenvalue weighted by atomic mass is 10.2. The number of unbranched alkanes of at least 4 members (excludes halogenated alkanes) is 2. The minimum Gasteiger partial charge on any atom is -0.492 e. The number of hydrogen-bond acceptors (Lipinski definition) is 3. The van der Waals surface area contributed by atoms with Gasteiger partial charge in [0.05, 0.1) is 17.7 Å². The van der Waals surface area contributed by atoms with Crippen molar-refractivity contribution in [1.82, 2.24) is 0 Å². The molecule has 0 amide bonds. The Morgan fingerprint density at radius 2 is 1.94 bits per heavy atom. The highest BCUT2D eigenvalue weighted by molar-refractivity contribution is 9.10. The van der Waals surface area contributed by atoms with E-state index in [0.29, 0.717) is 12.4 Å². The number of para-hydroxylation sites is 1. The molecule has 16 heavy (non-hydrogen) atoms. The maximum absolute atomic E-state index is 9.15. The van der Waals surface area contributed by atoms with Gasteiger partial charge in [-0.3, -0.25) is 0 Å². The third-order valence-corrected chi connectivity index (χ3v) is 2.89. The van der Waals surface area contributed by atoms with E-state index in [2.05, 4.69) is 15.9 Å². The van der Waals surface area contributed by atoms with Crippen LogP contribution >= 0.6 is 15.9 Å². The van der Waals surface area contributed by atoms with Crippen LogP contribution in [0.3, 0.4) is 0 Å². The second-order valence-electron chi connectivity index (χ2n) is 3.52. The second-order valence-corrected chi connectivity index (χ2v) is 4.37. The Hall–Kier alpha value is -0.580. The topological polar surface area (TPSA) is 49.7 Å². The number of benzene rings is 1. The molecule has 4 heteroatoms. The molecular formula is C12H17BrO3. The van der Waals surface area contributed by atoms with Crippen LogP contribution in [0.1, 0.15) is 24.8 Å². The fourth-order valence-electron chi connectivity index (χ4n) is 1.40. The molecule has 0 spiro atoms. The number of aliphatic hydroxyl groups excluding tert-OH is 2. The van der Waals surface area contributed by atoms with Gasteiger partial charge < -0.3 is 14.9 Å². The first-order valence-corrected chi connectivity index (χ1v) is 6.20. The summed E-state index contributed by atoms with van der Waals surface area (Å²) in [5.41, 5.74) is 0.788. The van der Waals surface area contributed by atoms with E-state index in [0.717, 1.165) is 29.3 Å². The Kier molecular flexibility index (Phi) is 6.45. The first kappa shape index (κ1) is 13.5. The maximum Gasteiger partial charge on any atom is 0.138 e. The van der Waals surface area contributed by atoms with Crippen molar-refractivity contribution in [2.24, 2.45) is 0 Å². The monoisotopic (exact) mass is 288 g/mol. The van der Waals surface area contributed by atoms with Gasteiger partial charge in [-0.15, -0.1) is 0 Å². The lowest BCUT2D eigenvalue weighted by Crippen LogP contribution is -2.01. The molecular weight excluding hydrogens is 272 g/mol. The number of aliphatic hydroxyl groups is 2. The molecule has 0 unspecified atom stereocenters. The highest BCUT2D eigenvalue weighted by Gasteiger charge is 2.06. The molecule has 1 rings (SSSR count). The maximum atomic E-state index is 9.15. The van der Waals surface area contributed by atoms with Gasteiger partial charge in [-0.2, -0.15) is 0 Å². The Balaban J connectivity index is 2.46. The Morgan fingerprint density at radius 3 is 2.62 bits per heavy atom. The molecule has 0 aromatic heterocycles. The minimum atomic E-state index is -0.0224. The summed E-state index contributed by atoms with van der Waals surface area (Å²) in [5.74, 6) is 0.717. The van der Waals surface area contributed by atoms with E-state index in [4.69, 9.17) is 14.9 Å². The van der Waals surface area contributed by atoms with Crippen LogP contribution in [0.15, 0.2) is 22.7 Å². The number of ether oxygens (including phenoxy) is 1. The zero-order chi connectivity index (χ0) is 11.8. The van der Waals surface area contributed by atoms with E-state index in [1.54, 1.807) is 0 Å². The van der Waals surface area contributed by atoms with Gasteiger partial charge in [0.1, 0.15) is 5.75 Å². The summed E-state index contributed by atoms with van der Waals surface area (Å²) in [7, 11) is 0. The molecule has 0 atom stereocenters. The van der Waals surface area contributed by atoms with Crippen LogP contribution in [0.25, 0.3) is 0 Å². The number of rotatable bonds is 7. The zero-order valence-corrected chi connectivity index (χ0v) is 10.7. The van der Waals surface area contributed by atoms with Crippen LogP contribution in [-0.2, 0) is 6.61 Å². The van der Waals surface area contributed by atoms with Crippen LogP contribution in [0.2, 0.25) is 0 Å². The SMILES string of the molecule is OCCCCCOc1c(Br)cccc1CO. The van der Waals surface area contributed by atoms with Crippen LogP contribution in [0, 0.1) is 0 Å². The van der Waals surface area contributed by atoms with E-state index in [9.17, 15) is 0 Å². The van der Waals surface area contributed by atoms with Crippen molar-refractivity contribution in [2.45, 2.75) is 25.9 Å². The summed E-state index contributed by atoms with van der Waals surface area (Å²) in [6.45, 7) is 0.817. The first-order valence-electron chi connectivity index (χ1n) is 5.41. The minimum absolute atomic E-state index is 0.0224. The smallest absolute Gasteiger partial charge is 0.138 e. The Labute approximate surface area is 104 Å². The van der Waals surface area contributed by atoms with Crippen molar-refractivity contribution in [3.05, 3.63) is 28.2 Å². The predicted molar refractivity (Wildman–Crippen MR) is 66.5 cm³/mol. The predicted octanol–water partition coefficient (Wildman–Crippen LogP) is 2.48. The van der Waals surface area contributed by atoms with Gasteiger partial charge in [-0.25, -0.2) is 0 Å². The summed E-state index contributed by atoms with van der Waals surface area (Å²) >= 11 is 3.39. The van der Waals surface area contributed by atoms with Crippen molar-refractivity contribution in [2.75, 3.05) is 13.2 Å². The third kappa shape index (κ3) is 4.12. The van der Waals surface area contributed by atoms with Gasteiger partial charge in [0.25, 0.3) is 0 Å². The van der Waals surface area contributed by atoms with Crippen LogP contribution in [-0.4, -0.2) is 23.4 Å². The fraction of sp³-hybridized carbons (Fsp3) is 0.500. The highest BCUT2D eigenvalue weighted by Crippen LogP contribution is 2.29. The summed E-state index contributed by atoms with van der Waals surface area (Å²) in [5, 5.41) is 17.8. The van der Waals surface area contributed by atoms with Crippen LogP contribution in [0.5, 0.6) is 5.75 Å². The highest BCUT2D eigenvalue weighted by atomic mass is 79.9. The van der Waals surface area contributed by atoms with E-state index in [1.165, 1.54) is 0 Å². The standard InChI is InChI=1S/C12H17BrO3/c13-11-6-4-5-10(9-15)12(11)16-8-3-1-2-7-14/h4-6,14-15H,1-3,7-9H2. The van der Waals surface area contributed by atoms with Gasteiger partial charge >= 0.3 is 0 Å². The van der Waals surface area contributed by atoms with E-state index in [1.807, 2.05) is 18.2 Å². The largest absolute Gasteiger partial charge is 0.492 e. The summed E-state index contributed by atoms with van der Waals surface area (Å²) in [6, 6.07) is 5.60. The van der Waals surface area contributed by atoms with Crippen molar-refractivity contribution in [3.8, 4) is 5.75 Å². The van der Waals surface area contributed by atoms with Gasteiger partial charge in [-0.1, -0.05) is 12.1 Å². The van der Waals surface area contributed by atoms with Crippen molar-refractivity contribution < 1.29 is 14.9 Å². The third-order valence-electron chi connectivity index (χ3n) is 2.27. The van der Waals surface area contributed by atoms with E-state index in [-0.39, 0.29) is 13.2 Å². The molecule has 2 N–H and O–H groups in total. The van der Waals surface area contributed by atoms with Crippen LogP contribution in [0.4, 0.5) is 0 Å². The quantitative estimate of drug-likeness (QED) is 0.758. The molecule has 90 valence electrons. The van der Waals surface area contributed by atoms with Crippen LogP contribution < -0.4 is 4.74 Å². The summed E-state index contributed by atoms with van der Waals surface area (Å²) < 4.78 is 6.48. The molecule has 0 bridgehead atoms. The van der Waals surface area contributed by atoms with Gasteiger partial charge in [0.15, 0.2) is 0 Å². The summed E-state index contributed by atoms with van der Waals surface area (Å²) in [4.78, 5) is 0. The average molecular weight is 289 g/mol. The Morgan fingerprint density at radius 1 is 1.12 bits per heavy atom. The first-order chi connectivity index (χ1) is 7.79. The van der Waals surface area contributed by atoms with E-state index < -0.39 is 0 Å². The normalized spacial score (nSPS) is 10.4. The van der Waals surface area contributed by atoms with E-state index >= 15 is 0 Å². The van der Waals surface area contributed by atoms with Gasteiger partial charge in [-0.05, 0) is 41.3 Å². The molecule has 3 nitrogen and oxygen atoms in total. The molecule has 1 aromatic rings. The molecule has 0 aliphatic rings.